The molecule has 1 aromatic rings. The van der Waals surface area contributed by atoms with Gasteiger partial charge in [-0.25, -0.2) is 0 Å². The highest BCUT2D eigenvalue weighted by molar-refractivity contribution is 5.66. The molecule has 1 aromatic carbocycles. The molecule has 0 aromatic heterocycles. The van der Waals surface area contributed by atoms with Gasteiger partial charge in [-0.15, -0.1) is 0 Å². The smallest absolute Gasteiger partial charge is 0.303 e. The Bertz CT molecular complexity index is 346. The summed E-state index contributed by atoms with van der Waals surface area (Å²) in [6.07, 6.45) is 1.25. The zero-order valence-electron chi connectivity index (χ0n) is 8.56. The molecule has 0 atom stereocenters. The Balaban J connectivity index is 2.67. The lowest BCUT2D eigenvalue weighted by Gasteiger charge is -2.09. The van der Waals surface area contributed by atoms with Crippen LogP contribution in [0.25, 0.3) is 0 Å². The van der Waals surface area contributed by atoms with Gasteiger partial charge < -0.3 is 14.9 Å². The topological polar surface area (TPSA) is 66.8 Å². The number of aromatic hydroxyl groups is 1. The normalized spacial score (nSPS) is 9.93. The van der Waals surface area contributed by atoms with Gasteiger partial charge in [-0.1, -0.05) is 12.1 Å². The molecule has 0 aliphatic heterocycles. The first kappa shape index (κ1) is 11.4. The van der Waals surface area contributed by atoms with Gasteiger partial charge >= 0.3 is 5.97 Å². The summed E-state index contributed by atoms with van der Waals surface area (Å²) in [6, 6.07) is 5.08. The summed E-state index contributed by atoms with van der Waals surface area (Å²) in [5.41, 5.74) is 0.832. The molecule has 0 bridgehead atoms. The van der Waals surface area contributed by atoms with Crippen LogP contribution in [0.4, 0.5) is 0 Å². The average Bonchev–Trinajstić information content (AvgIpc) is 2.17. The van der Waals surface area contributed by atoms with Crippen molar-refractivity contribution in [2.75, 3.05) is 7.11 Å². The minimum absolute atomic E-state index is 0.0883. The Morgan fingerprint density at radius 2 is 2.20 bits per heavy atom. The first-order chi connectivity index (χ1) is 7.15. The van der Waals surface area contributed by atoms with Gasteiger partial charge in [0.25, 0.3) is 0 Å². The predicted molar refractivity (Wildman–Crippen MR) is 55.2 cm³/mol. The van der Waals surface area contributed by atoms with Crippen molar-refractivity contribution in [1.82, 2.24) is 0 Å². The largest absolute Gasteiger partial charge is 0.504 e. The summed E-state index contributed by atoms with van der Waals surface area (Å²) in [6.45, 7) is 0. The maximum atomic E-state index is 10.3. The molecule has 0 saturated heterocycles. The number of rotatable bonds is 5. The molecule has 4 heteroatoms. The van der Waals surface area contributed by atoms with Crippen LogP contribution in [0.2, 0.25) is 0 Å². The van der Waals surface area contributed by atoms with E-state index in [-0.39, 0.29) is 12.2 Å². The Hall–Kier alpha value is -1.71. The molecular formula is C11H14O4. The summed E-state index contributed by atoms with van der Waals surface area (Å²) < 4.78 is 5.04. The fourth-order valence-electron chi connectivity index (χ4n) is 1.43. The molecule has 0 aliphatic rings. The van der Waals surface area contributed by atoms with E-state index < -0.39 is 5.97 Å². The summed E-state index contributed by atoms with van der Waals surface area (Å²) >= 11 is 0. The Labute approximate surface area is 88.1 Å². The summed E-state index contributed by atoms with van der Waals surface area (Å²) in [4.78, 5) is 10.3. The van der Waals surface area contributed by atoms with Crippen LogP contribution in [0, 0.1) is 0 Å². The molecule has 0 radical (unpaired) electrons. The third kappa shape index (κ3) is 3.16. The third-order valence-corrected chi connectivity index (χ3v) is 2.12. The van der Waals surface area contributed by atoms with Crippen LogP contribution in [-0.2, 0) is 11.2 Å². The monoisotopic (exact) mass is 210 g/mol. The van der Waals surface area contributed by atoms with Crippen molar-refractivity contribution in [3.05, 3.63) is 23.8 Å². The second-order valence-corrected chi connectivity index (χ2v) is 3.22. The number of hydrogen-bond acceptors (Lipinski definition) is 3. The fraction of sp³-hybridized carbons (Fsp3) is 0.364. The van der Waals surface area contributed by atoms with Gasteiger partial charge in [0.05, 0.1) is 7.11 Å². The van der Waals surface area contributed by atoms with Gasteiger partial charge in [0, 0.05) is 6.42 Å². The van der Waals surface area contributed by atoms with E-state index in [4.69, 9.17) is 9.84 Å². The highest BCUT2D eigenvalue weighted by atomic mass is 16.5. The van der Waals surface area contributed by atoms with Crippen molar-refractivity contribution in [3.63, 3.8) is 0 Å². The maximum Gasteiger partial charge on any atom is 0.303 e. The van der Waals surface area contributed by atoms with Crippen molar-refractivity contribution in [1.29, 1.82) is 0 Å². The summed E-state index contributed by atoms with van der Waals surface area (Å²) in [5, 5.41) is 18.0. The molecule has 2 N–H and O–H groups in total. The van der Waals surface area contributed by atoms with E-state index in [1.54, 1.807) is 12.1 Å². The third-order valence-electron chi connectivity index (χ3n) is 2.12. The number of aliphatic carboxylic acids is 1. The average molecular weight is 210 g/mol. The molecule has 0 saturated carbocycles. The molecular weight excluding hydrogens is 196 g/mol. The van der Waals surface area contributed by atoms with Crippen LogP contribution in [0.5, 0.6) is 11.5 Å². The summed E-state index contributed by atoms with van der Waals surface area (Å²) in [7, 11) is 1.48. The summed E-state index contributed by atoms with van der Waals surface area (Å²) in [5.74, 6) is -0.290. The molecule has 0 spiro atoms. The van der Waals surface area contributed by atoms with E-state index in [1.165, 1.54) is 7.11 Å². The molecule has 0 heterocycles. The zero-order chi connectivity index (χ0) is 11.3. The SMILES string of the molecule is COc1c(O)cccc1CCCC(=O)O. The van der Waals surface area contributed by atoms with E-state index in [0.29, 0.717) is 18.6 Å². The molecule has 1 rings (SSSR count). The number of para-hydroxylation sites is 1. The molecule has 82 valence electrons. The van der Waals surface area contributed by atoms with Gasteiger partial charge in [-0.05, 0) is 24.5 Å². The number of aryl methyl sites for hydroxylation is 1. The second-order valence-electron chi connectivity index (χ2n) is 3.22. The number of carboxylic acids is 1. The van der Waals surface area contributed by atoms with Crippen LogP contribution in [0.1, 0.15) is 18.4 Å². The lowest BCUT2D eigenvalue weighted by Crippen LogP contribution is -1.97. The molecule has 15 heavy (non-hydrogen) atoms. The van der Waals surface area contributed by atoms with Crippen molar-refractivity contribution in [3.8, 4) is 11.5 Å². The van der Waals surface area contributed by atoms with Gasteiger partial charge in [0.15, 0.2) is 11.5 Å². The van der Waals surface area contributed by atoms with Crippen LogP contribution in [0.3, 0.4) is 0 Å². The Kier molecular flexibility index (Phi) is 3.97. The number of phenolic OH excluding ortho intramolecular Hbond substituents is 1. The standard InChI is InChI=1S/C11H14O4/c1-15-11-8(4-2-6-9(11)12)5-3-7-10(13)14/h2,4,6,12H,3,5,7H2,1H3,(H,13,14). The van der Waals surface area contributed by atoms with Crippen LogP contribution >= 0.6 is 0 Å². The lowest BCUT2D eigenvalue weighted by molar-refractivity contribution is -0.137. The van der Waals surface area contributed by atoms with Gasteiger partial charge in [-0.3, -0.25) is 4.79 Å². The Morgan fingerprint density at radius 3 is 2.80 bits per heavy atom. The first-order valence-corrected chi connectivity index (χ1v) is 4.71. The number of benzene rings is 1. The number of carboxylic acid groups (broad SMARTS) is 1. The second kappa shape index (κ2) is 5.24. The van der Waals surface area contributed by atoms with Crippen molar-refractivity contribution in [2.45, 2.75) is 19.3 Å². The van der Waals surface area contributed by atoms with E-state index >= 15 is 0 Å². The van der Waals surface area contributed by atoms with Crippen LogP contribution in [-0.4, -0.2) is 23.3 Å². The number of methoxy groups -OCH3 is 1. The van der Waals surface area contributed by atoms with E-state index in [0.717, 1.165) is 5.56 Å². The van der Waals surface area contributed by atoms with Gasteiger partial charge in [-0.2, -0.15) is 0 Å². The van der Waals surface area contributed by atoms with E-state index in [9.17, 15) is 9.90 Å². The molecule has 0 fully saturated rings. The first-order valence-electron chi connectivity index (χ1n) is 4.71. The van der Waals surface area contributed by atoms with Gasteiger partial charge in [0.1, 0.15) is 0 Å². The van der Waals surface area contributed by atoms with E-state index in [1.807, 2.05) is 6.07 Å². The molecule has 0 unspecified atom stereocenters. The quantitative estimate of drug-likeness (QED) is 0.777. The van der Waals surface area contributed by atoms with Crippen LogP contribution in [0.15, 0.2) is 18.2 Å². The number of carbonyl (C=O) groups is 1. The van der Waals surface area contributed by atoms with Crippen LogP contribution < -0.4 is 4.74 Å². The highest BCUT2D eigenvalue weighted by Gasteiger charge is 2.08. The molecule has 0 amide bonds. The predicted octanol–water partition coefficient (Wildman–Crippen LogP) is 1.81. The zero-order valence-corrected chi connectivity index (χ0v) is 8.56. The molecule has 0 aliphatic carbocycles. The van der Waals surface area contributed by atoms with Crippen molar-refractivity contribution in [2.24, 2.45) is 0 Å². The Morgan fingerprint density at radius 1 is 1.47 bits per heavy atom. The fourth-order valence-corrected chi connectivity index (χ4v) is 1.43. The maximum absolute atomic E-state index is 10.3. The number of phenols is 1. The minimum atomic E-state index is -0.811. The lowest BCUT2D eigenvalue weighted by atomic mass is 10.1. The van der Waals surface area contributed by atoms with E-state index in [2.05, 4.69) is 0 Å². The van der Waals surface area contributed by atoms with Gasteiger partial charge in [0.2, 0.25) is 0 Å². The van der Waals surface area contributed by atoms with Crippen molar-refractivity contribution >= 4 is 5.97 Å². The number of ether oxygens (including phenoxy) is 1. The molecule has 4 nitrogen and oxygen atoms in total. The highest BCUT2D eigenvalue weighted by Crippen LogP contribution is 2.30. The minimum Gasteiger partial charge on any atom is -0.504 e. The number of hydrogen-bond donors (Lipinski definition) is 2. The van der Waals surface area contributed by atoms with Crippen molar-refractivity contribution < 1.29 is 19.7 Å².